The molecular formula is C23H26N4OS. The molecular weight excluding hydrogens is 380 g/mol. The number of carbonyl (C=O) groups is 1. The molecule has 1 amide bonds. The first kappa shape index (κ1) is 19.7. The van der Waals surface area contributed by atoms with Crippen LogP contribution in [0.5, 0.6) is 0 Å². The lowest BCUT2D eigenvalue weighted by molar-refractivity contribution is -0.129. The van der Waals surface area contributed by atoms with E-state index >= 15 is 0 Å². The van der Waals surface area contributed by atoms with Crippen LogP contribution in [0.2, 0.25) is 0 Å². The molecule has 0 aliphatic carbocycles. The predicted molar refractivity (Wildman–Crippen MR) is 117 cm³/mol. The highest BCUT2D eigenvalue weighted by Crippen LogP contribution is 2.38. The second-order valence-corrected chi connectivity index (χ2v) is 8.38. The Hall–Kier alpha value is -2.60. The number of benzene rings is 2. The van der Waals surface area contributed by atoms with Crippen molar-refractivity contribution < 1.29 is 4.79 Å². The molecule has 3 aromatic rings. The smallest absolute Gasteiger partial charge is 0.240 e. The van der Waals surface area contributed by atoms with Crippen LogP contribution < -0.4 is 0 Å². The fourth-order valence-electron chi connectivity index (χ4n) is 3.78. The molecule has 1 atom stereocenters. The number of thioether (sulfide) groups is 1. The summed E-state index contributed by atoms with van der Waals surface area (Å²) in [5, 5.41) is 9.45. The summed E-state index contributed by atoms with van der Waals surface area (Å²) in [6, 6.07) is 18.2. The molecule has 1 saturated heterocycles. The zero-order valence-corrected chi connectivity index (χ0v) is 17.7. The second kappa shape index (κ2) is 8.82. The van der Waals surface area contributed by atoms with Gasteiger partial charge in [0.15, 0.2) is 11.0 Å². The zero-order chi connectivity index (χ0) is 20.2. The van der Waals surface area contributed by atoms with E-state index in [0.717, 1.165) is 54.6 Å². The standard InChI is InChI=1S/C23H26N4OS/c1-3-27-21(19-14-8-7-11-17(19)2)24-25-23(27)29-20(18-12-5-4-6-13-18)22(28)26-15-9-10-16-26/h4-8,11-14,20H,3,9-10,15-16H2,1-2H3/t20-/m0/s1. The van der Waals surface area contributed by atoms with E-state index in [0.29, 0.717) is 0 Å². The first-order valence-electron chi connectivity index (χ1n) is 10.2. The molecule has 0 N–H and O–H groups in total. The molecule has 0 bridgehead atoms. The Bertz CT molecular complexity index is 980. The molecule has 0 radical (unpaired) electrons. The number of likely N-dealkylation sites (tertiary alicyclic amines) is 1. The molecule has 5 nitrogen and oxygen atoms in total. The van der Waals surface area contributed by atoms with Crippen LogP contribution in [0.25, 0.3) is 11.4 Å². The average Bonchev–Trinajstić information content (AvgIpc) is 3.42. The third-order valence-electron chi connectivity index (χ3n) is 5.39. The molecule has 29 heavy (non-hydrogen) atoms. The van der Waals surface area contributed by atoms with E-state index in [1.165, 1.54) is 17.3 Å². The molecule has 0 spiro atoms. The first-order valence-corrected chi connectivity index (χ1v) is 11.1. The summed E-state index contributed by atoms with van der Waals surface area (Å²) < 4.78 is 2.11. The van der Waals surface area contributed by atoms with Crippen LogP contribution in [0.1, 0.15) is 36.1 Å². The molecule has 1 aliphatic rings. The summed E-state index contributed by atoms with van der Waals surface area (Å²) in [7, 11) is 0. The minimum atomic E-state index is -0.312. The summed E-state index contributed by atoms with van der Waals surface area (Å²) >= 11 is 1.51. The molecule has 2 heterocycles. The van der Waals surface area contributed by atoms with Crippen LogP contribution in [0.4, 0.5) is 0 Å². The van der Waals surface area contributed by atoms with Gasteiger partial charge in [-0.3, -0.25) is 4.79 Å². The van der Waals surface area contributed by atoms with Gasteiger partial charge in [0.25, 0.3) is 0 Å². The molecule has 2 aromatic carbocycles. The highest BCUT2D eigenvalue weighted by atomic mass is 32.2. The normalized spacial score (nSPS) is 14.9. The fourth-order valence-corrected chi connectivity index (χ4v) is 4.97. The molecule has 4 rings (SSSR count). The van der Waals surface area contributed by atoms with Gasteiger partial charge in [0, 0.05) is 25.2 Å². The van der Waals surface area contributed by atoms with Crippen molar-refractivity contribution in [2.75, 3.05) is 13.1 Å². The predicted octanol–water partition coefficient (Wildman–Crippen LogP) is 4.73. The van der Waals surface area contributed by atoms with Gasteiger partial charge in [0.2, 0.25) is 5.91 Å². The van der Waals surface area contributed by atoms with Crippen molar-refractivity contribution >= 4 is 17.7 Å². The van der Waals surface area contributed by atoms with E-state index in [9.17, 15) is 4.79 Å². The van der Waals surface area contributed by atoms with Gasteiger partial charge in [0.1, 0.15) is 5.25 Å². The van der Waals surface area contributed by atoms with Crippen LogP contribution in [0.15, 0.2) is 59.8 Å². The zero-order valence-electron chi connectivity index (χ0n) is 16.9. The minimum absolute atomic E-state index is 0.168. The maximum atomic E-state index is 13.3. The number of rotatable bonds is 6. The summed E-state index contributed by atoms with van der Waals surface area (Å²) in [4.78, 5) is 15.3. The van der Waals surface area contributed by atoms with Crippen molar-refractivity contribution in [3.05, 3.63) is 65.7 Å². The Labute approximate surface area is 176 Å². The third kappa shape index (κ3) is 4.08. The van der Waals surface area contributed by atoms with Gasteiger partial charge in [-0.1, -0.05) is 66.4 Å². The van der Waals surface area contributed by atoms with Crippen LogP contribution in [-0.4, -0.2) is 38.7 Å². The number of amides is 1. The van der Waals surface area contributed by atoms with Crippen LogP contribution in [0.3, 0.4) is 0 Å². The van der Waals surface area contributed by atoms with Gasteiger partial charge in [-0.2, -0.15) is 0 Å². The van der Waals surface area contributed by atoms with E-state index in [1.807, 2.05) is 47.4 Å². The van der Waals surface area contributed by atoms with Gasteiger partial charge in [-0.05, 0) is 37.8 Å². The van der Waals surface area contributed by atoms with Gasteiger partial charge < -0.3 is 9.47 Å². The lowest BCUT2D eigenvalue weighted by Crippen LogP contribution is -2.31. The average molecular weight is 407 g/mol. The maximum Gasteiger partial charge on any atom is 0.240 e. The highest BCUT2D eigenvalue weighted by Gasteiger charge is 2.30. The van der Waals surface area contributed by atoms with Crippen molar-refractivity contribution in [1.82, 2.24) is 19.7 Å². The Morgan fingerprint density at radius 2 is 1.72 bits per heavy atom. The van der Waals surface area contributed by atoms with E-state index < -0.39 is 0 Å². The highest BCUT2D eigenvalue weighted by molar-refractivity contribution is 8.00. The summed E-state index contributed by atoms with van der Waals surface area (Å²) in [6.07, 6.45) is 2.17. The Morgan fingerprint density at radius 3 is 2.41 bits per heavy atom. The van der Waals surface area contributed by atoms with E-state index in [2.05, 4.69) is 40.7 Å². The first-order chi connectivity index (χ1) is 14.2. The van der Waals surface area contributed by atoms with Crippen molar-refractivity contribution in [2.24, 2.45) is 0 Å². The van der Waals surface area contributed by atoms with Crippen molar-refractivity contribution in [2.45, 2.75) is 43.6 Å². The molecule has 1 aliphatic heterocycles. The number of aryl methyl sites for hydroxylation is 1. The lowest BCUT2D eigenvalue weighted by atomic mass is 10.1. The monoisotopic (exact) mass is 406 g/mol. The molecule has 6 heteroatoms. The molecule has 150 valence electrons. The van der Waals surface area contributed by atoms with Crippen molar-refractivity contribution in [3.63, 3.8) is 0 Å². The number of hydrogen-bond acceptors (Lipinski definition) is 4. The Kier molecular flexibility index (Phi) is 6.00. The Balaban J connectivity index is 1.69. The fraction of sp³-hybridized carbons (Fsp3) is 0.348. The lowest BCUT2D eigenvalue weighted by Gasteiger charge is -2.23. The van der Waals surface area contributed by atoms with E-state index in [-0.39, 0.29) is 11.2 Å². The number of hydrogen-bond donors (Lipinski definition) is 0. The van der Waals surface area contributed by atoms with Crippen LogP contribution >= 0.6 is 11.8 Å². The summed E-state index contributed by atoms with van der Waals surface area (Å²) in [5.74, 6) is 1.02. The third-order valence-corrected chi connectivity index (χ3v) is 6.61. The van der Waals surface area contributed by atoms with Crippen LogP contribution in [0, 0.1) is 6.92 Å². The summed E-state index contributed by atoms with van der Waals surface area (Å²) in [5.41, 5.74) is 3.26. The Morgan fingerprint density at radius 1 is 1.03 bits per heavy atom. The minimum Gasteiger partial charge on any atom is -0.341 e. The van der Waals surface area contributed by atoms with Crippen LogP contribution in [-0.2, 0) is 11.3 Å². The van der Waals surface area contributed by atoms with Gasteiger partial charge in [-0.25, -0.2) is 0 Å². The number of nitrogens with zero attached hydrogens (tertiary/aromatic N) is 4. The van der Waals surface area contributed by atoms with Gasteiger partial charge >= 0.3 is 0 Å². The topological polar surface area (TPSA) is 51.0 Å². The van der Waals surface area contributed by atoms with Crippen molar-refractivity contribution in [1.29, 1.82) is 0 Å². The van der Waals surface area contributed by atoms with E-state index in [4.69, 9.17) is 0 Å². The molecule has 0 unspecified atom stereocenters. The van der Waals surface area contributed by atoms with Crippen molar-refractivity contribution in [3.8, 4) is 11.4 Å². The van der Waals surface area contributed by atoms with Gasteiger partial charge in [0.05, 0.1) is 0 Å². The molecule has 0 saturated carbocycles. The summed E-state index contributed by atoms with van der Waals surface area (Å²) in [6.45, 7) is 6.61. The largest absolute Gasteiger partial charge is 0.341 e. The molecule has 1 fully saturated rings. The number of aromatic nitrogens is 3. The SMILES string of the molecule is CCn1c(S[C@H](C(=O)N2CCCC2)c2ccccc2)nnc1-c1ccccc1C. The second-order valence-electron chi connectivity index (χ2n) is 7.31. The maximum absolute atomic E-state index is 13.3. The van der Waals surface area contributed by atoms with Gasteiger partial charge in [-0.15, -0.1) is 10.2 Å². The quantitative estimate of drug-likeness (QED) is 0.556. The molecule has 1 aromatic heterocycles. The van der Waals surface area contributed by atoms with E-state index in [1.54, 1.807) is 0 Å². The number of carbonyl (C=O) groups excluding carboxylic acids is 1.